The normalized spacial score (nSPS) is 11.2. The maximum absolute atomic E-state index is 13.2. The van der Waals surface area contributed by atoms with E-state index in [0.717, 1.165) is 42.5 Å². The summed E-state index contributed by atoms with van der Waals surface area (Å²) in [6.07, 6.45) is 16.1. The van der Waals surface area contributed by atoms with Gasteiger partial charge in [0, 0.05) is 62.4 Å². The fraction of sp³-hybridized carbons (Fsp3) is 0.244. The second-order valence-electron chi connectivity index (χ2n) is 12.9. The monoisotopic (exact) mass is 1000 g/mol. The zero-order valence-corrected chi connectivity index (χ0v) is 36.5. The summed E-state index contributed by atoms with van der Waals surface area (Å²) in [5, 5.41) is 0.394. The van der Waals surface area contributed by atoms with Gasteiger partial charge in [0.1, 0.15) is 5.78 Å². The molecular weight excluding hydrogens is 966 g/mol. The van der Waals surface area contributed by atoms with Gasteiger partial charge in [-0.2, -0.15) is 26.3 Å². The molecule has 0 atom stereocenters. The minimum atomic E-state index is -1.85. The van der Waals surface area contributed by atoms with Crippen molar-refractivity contribution < 1.29 is 73.2 Å². The molecule has 0 fully saturated rings. The number of esters is 1. The van der Waals surface area contributed by atoms with E-state index in [4.69, 9.17) is 20.6 Å². The molecular formula is C45H38BrF8N5O8. The van der Waals surface area contributed by atoms with Crippen LogP contribution in [-0.2, 0) is 14.4 Å². The number of benzene rings is 1. The smallest absolute Gasteiger partial charge is 0.345 e. The number of ether oxygens (including phenoxy) is 4. The molecule has 1 aromatic carbocycles. The van der Waals surface area contributed by atoms with Gasteiger partial charge in [-0.25, -0.2) is 33.5 Å². The third kappa shape index (κ3) is 19.0. The predicted octanol–water partition coefficient (Wildman–Crippen LogP) is 8.66. The number of aromatic nitrogens is 4. The molecule has 67 heavy (non-hydrogen) atoms. The van der Waals surface area contributed by atoms with Crippen LogP contribution in [0.25, 0.3) is 0 Å². The first-order valence-corrected chi connectivity index (χ1v) is 20.7. The molecule has 0 bridgehead atoms. The Hall–Kier alpha value is -7.28. The van der Waals surface area contributed by atoms with E-state index in [0.29, 0.717) is 37.8 Å². The number of hydrogen-bond acceptors (Lipinski definition) is 12. The average molecular weight is 1000 g/mol. The van der Waals surface area contributed by atoms with Crippen LogP contribution in [0.4, 0.5) is 35.1 Å². The van der Waals surface area contributed by atoms with Gasteiger partial charge in [0.05, 0.1) is 30.7 Å². The van der Waals surface area contributed by atoms with Crippen molar-refractivity contribution in [2.75, 3.05) is 31.7 Å². The molecule has 5 heterocycles. The zero-order valence-electron chi connectivity index (χ0n) is 34.9. The number of nitrogens with zero attached hydrogens (tertiary/aromatic N) is 5. The Kier molecular flexibility index (Phi) is 23.6. The number of unbranched alkanes of at least 4 members (excludes halogenated alkanes) is 2. The number of terminal acetylenes is 1. The van der Waals surface area contributed by atoms with Crippen molar-refractivity contribution in [2.24, 2.45) is 0 Å². The molecule has 0 N–H and O–H groups in total. The first-order valence-electron chi connectivity index (χ1n) is 19.6. The molecule has 0 unspecified atom stereocenters. The van der Waals surface area contributed by atoms with E-state index in [9.17, 15) is 54.3 Å². The Labute approximate surface area is 386 Å². The van der Waals surface area contributed by atoms with Crippen LogP contribution in [0.1, 0.15) is 48.9 Å². The number of alkyl halides is 1. The number of Topliss-reactive ketones (excluding diaryl/α,β-unsaturated/α-hetero) is 1. The lowest BCUT2D eigenvalue weighted by atomic mass is 10.2. The lowest BCUT2D eigenvalue weighted by molar-refractivity contribution is -0.136. The standard InChI is InChI=1S/C12H4F5NO2.C12H11FN2O3.C11H13BrFNO2.C10H10FNO/c13-6-3-7(14)10(17)11(9(6)16)20-12(19)5-1-2-8(15)18-4-5;13-12-9(3-1-6-14-12)18-8-2-7-15-10(16)4-5-11(15)17;12-8-9(15)4-1-2-7-16-10-5-3-6-14-11(10)13;1-2-3-4-8-13-9-6-5-7-12-10(9)11/h1-4H;1,3-6H,2,7-8H2;3,5-6H,1-2,4,7-8H2;1,5-7H,3-4,8H2/i15-1;2*13-1;11-1. The SMILES string of the molecule is C#CCCCOc1cccnc1[18F].O=C(CBr)CCCCOc1cccnc1[18F].O=C(Oc1c(F)c(F)cc(F)c1F)c1ccc([18F])nc1.O=C1C=CC(=O)N1CCCOc1cccnc1[18F]. The largest absolute Gasteiger partial charge is 0.489 e. The summed E-state index contributed by atoms with van der Waals surface area (Å²) in [4.78, 5) is 59.4. The first-order chi connectivity index (χ1) is 32.2. The highest BCUT2D eigenvalue weighted by Gasteiger charge is 2.24. The van der Waals surface area contributed by atoms with Crippen LogP contribution >= 0.6 is 15.9 Å². The van der Waals surface area contributed by atoms with Crippen molar-refractivity contribution in [3.8, 4) is 35.3 Å². The second-order valence-corrected chi connectivity index (χ2v) is 13.5. The van der Waals surface area contributed by atoms with Crippen molar-refractivity contribution in [1.29, 1.82) is 0 Å². The van der Waals surface area contributed by atoms with Gasteiger partial charge in [-0.05, 0) is 74.2 Å². The molecule has 6 rings (SSSR count). The number of carbonyl (C=O) groups is 4. The van der Waals surface area contributed by atoms with Crippen molar-refractivity contribution in [3.05, 3.63) is 144 Å². The van der Waals surface area contributed by atoms with Crippen LogP contribution in [0.3, 0.4) is 0 Å². The molecule has 0 spiro atoms. The van der Waals surface area contributed by atoms with E-state index in [2.05, 4.69) is 46.5 Å². The third-order valence-corrected chi connectivity index (χ3v) is 8.69. The van der Waals surface area contributed by atoms with Gasteiger partial charge < -0.3 is 18.9 Å². The Morgan fingerprint density at radius 2 is 1.15 bits per heavy atom. The topological polar surface area (TPSA) is 160 Å². The zero-order chi connectivity index (χ0) is 49.1. The number of imide groups is 1. The molecule has 354 valence electrons. The van der Waals surface area contributed by atoms with Gasteiger partial charge >= 0.3 is 5.97 Å². The summed E-state index contributed by atoms with van der Waals surface area (Å²) in [5.41, 5.74) is -0.352. The van der Waals surface area contributed by atoms with Gasteiger partial charge in [-0.15, -0.1) is 12.3 Å². The lowest BCUT2D eigenvalue weighted by Crippen LogP contribution is -2.31. The lowest BCUT2D eigenvalue weighted by Gasteiger charge is -2.13. The second kappa shape index (κ2) is 29.3. The van der Waals surface area contributed by atoms with E-state index < -0.39 is 58.8 Å². The summed E-state index contributed by atoms with van der Waals surface area (Å²) in [6, 6.07) is 11.1. The Bertz CT molecular complexity index is 2460. The summed E-state index contributed by atoms with van der Waals surface area (Å²) < 4.78 is 123. The van der Waals surface area contributed by atoms with Crippen LogP contribution in [0, 0.1) is 59.4 Å². The maximum Gasteiger partial charge on any atom is 0.345 e. The van der Waals surface area contributed by atoms with Crippen molar-refractivity contribution >= 4 is 39.5 Å². The van der Waals surface area contributed by atoms with Crippen molar-refractivity contribution in [1.82, 2.24) is 24.8 Å². The van der Waals surface area contributed by atoms with Crippen molar-refractivity contribution in [2.45, 2.75) is 38.5 Å². The molecule has 0 saturated heterocycles. The van der Waals surface area contributed by atoms with Gasteiger partial charge in [0.15, 0.2) is 28.9 Å². The number of hydrogen-bond donors (Lipinski definition) is 0. The Balaban J connectivity index is 0.000000240. The van der Waals surface area contributed by atoms with Crippen LogP contribution in [0.2, 0.25) is 0 Å². The highest BCUT2D eigenvalue weighted by Crippen LogP contribution is 2.27. The molecule has 0 aliphatic carbocycles. The number of halogens is 9. The van der Waals surface area contributed by atoms with Crippen LogP contribution < -0.4 is 18.9 Å². The number of pyridine rings is 4. The average Bonchev–Trinajstić information content (AvgIpc) is 3.64. The van der Waals surface area contributed by atoms with Gasteiger partial charge in [-0.1, -0.05) is 15.9 Å². The molecule has 5 aromatic rings. The first kappa shape index (κ1) is 54.1. The minimum absolute atomic E-state index is 0.0263. The van der Waals surface area contributed by atoms with Crippen molar-refractivity contribution in [3.63, 3.8) is 0 Å². The summed E-state index contributed by atoms with van der Waals surface area (Å²) in [6.45, 7) is 1.29. The van der Waals surface area contributed by atoms with Crippen LogP contribution in [0.5, 0.6) is 23.0 Å². The van der Waals surface area contributed by atoms with E-state index in [1.54, 1.807) is 18.2 Å². The fourth-order valence-electron chi connectivity index (χ4n) is 4.81. The molecule has 2 amide bonds. The van der Waals surface area contributed by atoms with Gasteiger partial charge in [-0.3, -0.25) is 19.3 Å². The number of carbonyl (C=O) groups excluding carboxylic acids is 4. The summed E-state index contributed by atoms with van der Waals surface area (Å²) in [7, 11) is 0. The maximum atomic E-state index is 13.2. The molecule has 4 aromatic heterocycles. The molecule has 0 saturated carbocycles. The summed E-state index contributed by atoms with van der Waals surface area (Å²) in [5.74, 6) is -10.3. The molecule has 0 radical (unpaired) electrons. The third-order valence-electron chi connectivity index (χ3n) is 8.07. The highest BCUT2D eigenvalue weighted by atomic mass is 79.9. The van der Waals surface area contributed by atoms with E-state index >= 15 is 0 Å². The Morgan fingerprint density at radius 1 is 0.657 bits per heavy atom. The highest BCUT2D eigenvalue weighted by molar-refractivity contribution is 9.09. The molecule has 1 aliphatic rings. The van der Waals surface area contributed by atoms with Gasteiger partial charge in [0.2, 0.25) is 23.3 Å². The fourth-order valence-corrected chi connectivity index (χ4v) is 5.09. The van der Waals surface area contributed by atoms with E-state index in [1.165, 1.54) is 48.9 Å². The van der Waals surface area contributed by atoms with E-state index in [-0.39, 0.29) is 59.6 Å². The van der Waals surface area contributed by atoms with E-state index in [1.807, 2.05) is 0 Å². The van der Waals surface area contributed by atoms with Gasteiger partial charge in [0.25, 0.3) is 29.7 Å². The number of rotatable bonds is 18. The molecule has 22 heteroatoms. The molecule has 13 nitrogen and oxygen atoms in total. The quantitative estimate of drug-likeness (QED) is 0.00948. The molecule has 1 aliphatic heterocycles. The predicted molar refractivity (Wildman–Crippen MR) is 226 cm³/mol. The minimum Gasteiger partial charge on any atom is -0.489 e. The van der Waals surface area contributed by atoms with Crippen LogP contribution in [0.15, 0.2) is 91.5 Å². The van der Waals surface area contributed by atoms with Crippen LogP contribution in [-0.4, -0.2) is 80.1 Å². The number of amides is 2. The Morgan fingerprint density at radius 3 is 1.60 bits per heavy atom. The summed E-state index contributed by atoms with van der Waals surface area (Å²) >= 11 is 3.09. The number of ketones is 1.